The molecule has 0 radical (unpaired) electrons. The Morgan fingerprint density at radius 2 is 2.29 bits per heavy atom. The van der Waals surface area contributed by atoms with Gasteiger partial charge in [0.2, 0.25) is 0 Å². The highest BCUT2D eigenvalue weighted by Crippen LogP contribution is 2.11. The third-order valence-electron chi connectivity index (χ3n) is 1.64. The Hall–Kier alpha value is -1.53. The van der Waals surface area contributed by atoms with Crippen molar-refractivity contribution in [2.24, 2.45) is 0 Å². The Morgan fingerprint density at radius 3 is 2.71 bits per heavy atom. The van der Waals surface area contributed by atoms with Crippen molar-refractivity contribution < 1.29 is 9.18 Å². The molecule has 0 spiro atoms. The number of aromatic nitrogens is 4. The first-order valence-electron chi connectivity index (χ1n) is 4.14. The van der Waals surface area contributed by atoms with E-state index >= 15 is 0 Å². The number of nitrogens with one attached hydrogen (secondary N) is 2. The van der Waals surface area contributed by atoms with E-state index in [0.717, 1.165) is 0 Å². The largest absolute Gasteiger partial charge is 0.343 e. The Kier molecular flexibility index (Phi) is 2.78. The predicted molar refractivity (Wildman–Crippen MR) is 45.9 cm³/mol. The fourth-order valence-corrected chi connectivity index (χ4v) is 0.786. The highest BCUT2D eigenvalue weighted by molar-refractivity contribution is 5.84. The fraction of sp³-hybridized carbons (Fsp3) is 0.714. The van der Waals surface area contributed by atoms with Gasteiger partial charge in [-0.05, 0) is 20.8 Å². The van der Waals surface area contributed by atoms with Crippen LogP contribution in [0.5, 0.6) is 0 Å². The second kappa shape index (κ2) is 3.69. The normalized spacial score (nSPS) is 13.7. The summed E-state index contributed by atoms with van der Waals surface area (Å²) in [6, 6.07) is -0.462. The summed E-state index contributed by atoms with van der Waals surface area (Å²) in [6.45, 7) is 4.02. The molecule has 1 unspecified atom stereocenters. The van der Waals surface area contributed by atoms with Gasteiger partial charge in [0.05, 0.1) is 6.04 Å². The van der Waals surface area contributed by atoms with E-state index in [1.807, 2.05) is 0 Å². The zero-order valence-corrected chi connectivity index (χ0v) is 8.21. The van der Waals surface area contributed by atoms with Gasteiger partial charge < -0.3 is 5.32 Å². The van der Waals surface area contributed by atoms with Crippen LogP contribution in [0.2, 0.25) is 0 Å². The molecule has 7 heteroatoms. The first-order valence-corrected chi connectivity index (χ1v) is 4.14. The summed E-state index contributed by atoms with van der Waals surface area (Å²) >= 11 is 0. The van der Waals surface area contributed by atoms with Gasteiger partial charge in [-0.25, -0.2) is 4.39 Å². The molecule has 0 aromatic carbocycles. The van der Waals surface area contributed by atoms with Crippen molar-refractivity contribution in [3.8, 4) is 0 Å². The summed E-state index contributed by atoms with van der Waals surface area (Å²) in [7, 11) is 0. The summed E-state index contributed by atoms with van der Waals surface area (Å²) in [4.78, 5) is 11.2. The van der Waals surface area contributed by atoms with Gasteiger partial charge in [0.15, 0.2) is 11.5 Å². The zero-order chi connectivity index (χ0) is 10.8. The summed E-state index contributed by atoms with van der Waals surface area (Å²) < 4.78 is 13.1. The van der Waals surface area contributed by atoms with Gasteiger partial charge in [-0.15, -0.1) is 10.2 Å². The maximum atomic E-state index is 13.1. The third-order valence-corrected chi connectivity index (χ3v) is 1.64. The number of carbonyl (C=O) groups excluding carboxylic acids is 1. The lowest BCUT2D eigenvalue weighted by atomic mass is 10.1. The van der Waals surface area contributed by atoms with Crippen molar-refractivity contribution in [2.45, 2.75) is 32.5 Å². The lowest BCUT2D eigenvalue weighted by Gasteiger charge is -2.16. The smallest absolute Gasteiger partial charge is 0.257 e. The van der Waals surface area contributed by atoms with E-state index in [2.05, 4.69) is 25.9 Å². The van der Waals surface area contributed by atoms with E-state index in [1.54, 1.807) is 6.92 Å². The molecule has 1 rings (SSSR count). The van der Waals surface area contributed by atoms with E-state index in [-0.39, 0.29) is 0 Å². The first kappa shape index (κ1) is 10.6. The quantitative estimate of drug-likeness (QED) is 0.727. The van der Waals surface area contributed by atoms with Crippen LogP contribution < -0.4 is 5.32 Å². The molecule has 0 saturated heterocycles. The van der Waals surface area contributed by atoms with Crippen molar-refractivity contribution in [3.05, 3.63) is 5.82 Å². The van der Waals surface area contributed by atoms with Crippen molar-refractivity contribution in [1.82, 2.24) is 25.9 Å². The first-order chi connectivity index (χ1) is 6.41. The number of alkyl halides is 1. The molecule has 0 aliphatic rings. The number of hydrogen-bond donors (Lipinski definition) is 2. The molecule has 1 atom stereocenters. The van der Waals surface area contributed by atoms with Crippen molar-refractivity contribution in [2.75, 3.05) is 0 Å². The predicted octanol–water partition coefficient (Wildman–Crippen LogP) is 0.125. The van der Waals surface area contributed by atoms with Crippen molar-refractivity contribution >= 4 is 5.91 Å². The fourth-order valence-electron chi connectivity index (χ4n) is 0.786. The molecule has 0 saturated carbocycles. The molecule has 1 amide bonds. The Balaban J connectivity index is 2.58. The minimum Gasteiger partial charge on any atom is -0.343 e. The molecule has 0 fully saturated rings. The van der Waals surface area contributed by atoms with E-state index in [4.69, 9.17) is 0 Å². The number of nitrogens with zero attached hydrogens (tertiary/aromatic N) is 3. The summed E-state index contributed by atoms with van der Waals surface area (Å²) in [5.74, 6) is -0.377. The van der Waals surface area contributed by atoms with Crippen molar-refractivity contribution in [1.29, 1.82) is 0 Å². The van der Waals surface area contributed by atoms with Gasteiger partial charge in [0.1, 0.15) is 0 Å². The standard InChI is InChI=1S/C7H12FN5O/c1-4(5-10-12-13-11-5)9-6(14)7(2,3)8/h4H,1-3H3,(H,9,14)(H,10,11,12,13). The Bertz CT molecular complexity index is 304. The molecule has 14 heavy (non-hydrogen) atoms. The van der Waals surface area contributed by atoms with Gasteiger partial charge in [-0.3, -0.25) is 4.79 Å². The SMILES string of the molecule is CC(NC(=O)C(C)(C)F)c1nn[nH]n1. The topological polar surface area (TPSA) is 83.6 Å². The number of rotatable bonds is 3. The second-order valence-corrected chi connectivity index (χ2v) is 3.44. The van der Waals surface area contributed by atoms with E-state index in [0.29, 0.717) is 5.82 Å². The van der Waals surface area contributed by atoms with Crippen LogP contribution in [0.3, 0.4) is 0 Å². The number of tetrazole rings is 1. The molecule has 0 aliphatic carbocycles. The summed E-state index contributed by atoms with van der Waals surface area (Å²) in [6.07, 6.45) is 0. The van der Waals surface area contributed by atoms with Crippen LogP contribution in [-0.4, -0.2) is 32.2 Å². The van der Waals surface area contributed by atoms with Crippen LogP contribution in [0.15, 0.2) is 0 Å². The van der Waals surface area contributed by atoms with Gasteiger partial charge in [-0.1, -0.05) is 5.21 Å². The van der Waals surface area contributed by atoms with Crippen molar-refractivity contribution in [3.63, 3.8) is 0 Å². The highest BCUT2D eigenvalue weighted by Gasteiger charge is 2.28. The van der Waals surface area contributed by atoms with E-state index < -0.39 is 17.6 Å². The van der Waals surface area contributed by atoms with Gasteiger partial charge >= 0.3 is 0 Å². The van der Waals surface area contributed by atoms with E-state index in [1.165, 1.54) is 13.8 Å². The van der Waals surface area contributed by atoms with Gasteiger partial charge in [0.25, 0.3) is 5.91 Å². The molecule has 0 bridgehead atoms. The van der Waals surface area contributed by atoms with E-state index in [9.17, 15) is 9.18 Å². The molecule has 1 aromatic heterocycles. The molecule has 78 valence electrons. The number of hydrogen-bond acceptors (Lipinski definition) is 4. The minimum absolute atomic E-state index is 0.322. The number of H-pyrrole nitrogens is 1. The van der Waals surface area contributed by atoms with Crippen LogP contribution in [0.4, 0.5) is 4.39 Å². The number of carbonyl (C=O) groups is 1. The average Bonchev–Trinajstić information content (AvgIpc) is 2.53. The van der Waals surface area contributed by atoms with Crippen LogP contribution in [0.1, 0.15) is 32.6 Å². The lowest BCUT2D eigenvalue weighted by molar-refractivity contribution is -0.131. The molecule has 2 N–H and O–H groups in total. The number of halogens is 1. The van der Waals surface area contributed by atoms with Gasteiger partial charge in [-0.2, -0.15) is 5.21 Å². The third kappa shape index (κ3) is 2.48. The van der Waals surface area contributed by atoms with Crippen LogP contribution >= 0.6 is 0 Å². The number of aromatic amines is 1. The lowest BCUT2D eigenvalue weighted by Crippen LogP contribution is -2.40. The number of amides is 1. The zero-order valence-electron chi connectivity index (χ0n) is 8.21. The summed E-state index contributed by atoms with van der Waals surface area (Å²) in [5, 5.41) is 15.3. The maximum absolute atomic E-state index is 13.1. The van der Waals surface area contributed by atoms with Crippen LogP contribution in [0, 0.1) is 0 Å². The van der Waals surface area contributed by atoms with Crippen LogP contribution in [0.25, 0.3) is 0 Å². The molecule has 0 aliphatic heterocycles. The Morgan fingerprint density at radius 1 is 1.64 bits per heavy atom. The molecule has 1 heterocycles. The maximum Gasteiger partial charge on any atom is 0.257 e. The monoisotopic (exact) mass is 201 g/mol. The molecule has 6 nitrogen and oxygen atoms in total. The Labute approximate surface area is 80.3 Å². The molecular weight excluding hydrogens is 189 g/mol. The minimum atomic E-state index is -1.90. The highest BCUT2D eigenvalue weighted by atomic mass is 19.1. The molecule has 1 aromatic rings. The second-order valence-electron chi connectivity index (χ2n) is 3.44. The van der Waals surface area contributed by atoms with Gasteiger partial charge in [0, 0.05) is 0 Å². The molecular formula is C7H12FN5O. The summed E-state index contributed by atoms with van der Waals surface area (Å²) in [5.41, 5.74) is -1.90. The van der Waals surface area contributed by atoms with Crippen LogP contribution in [-0.2, 0) is 4.79 Å². The average molecular weight is 201 g/mol.